The number of hydrogen-bond donors (Lipinski definition) is 2. The molecule has 0 atom stereocenters. The van der Waals surface area contributed by atoms with Crippen molar-refractivity contribution >= 4 is 11.9 Å². The first-order valence-corrected chi connectivity index (χ1v) is 7.14. The molecule has 0 aromatic carbocycles. The Balaban J connectivity index is 4.13. The van der Waals surface area contributed by atoms with Crippen molar-refractivity contribution in [3.63, 3.8) is 0 Å². The van der Waals surface area contributed by atoms with Crippen molar-refractivity contribution in [2.24, 2.45) is 11.8 Å². The summed E-state index contributed by atoms with van der Waals surface area (Å²) >= 11 is 0. The molecule has 0 bridgehead atoms. The Hall–Kier alpha value is -1.14. The lowest BCUT2D eigenvalue weighted by atomic mass is 10.1. The van der Waals surface area contributed by atoms with Gasteiger partial charge < -0.3 is 10.1 Å². The first kappa shape index (κ1) is 18.9. The number of nitrogens with zero attached hydrogens (tertiary/aromatic N) is 1. The minimum Gasteiger partial charge on any atom is -0.383 e. The van der Waals surface area contributed by atoms with Crippen LogP contribution in [-0.2, 0) is 9.53 Å². The lowest BCUT2D eigenvalue weighted by Gasteiger charge is -2.25. The average Bonchev–Trinajstić information content (AvgIpc) is 2.26. The van der Waals surface area contributed by atoms with Crippen LogP contribution in [-0.4, -0.2) is 56.7 Å². The molecule has 0 aromatic rings. The fraction of sp³-hybridized carbons (Fsp3) is 0.857. The van der Waals surface area contributed by atoms with E-state index in [2.05, 4.69) is 43.2 Å². The molecule has 0 rings (SSSR count). The van der Waals surface area contributed by atoms with E-state index in [4.69, 9.17) is 4.74 Å². The predicted octanol–water partition coefficient (Wildman–Crippen LogP) is 1.07. The van der Waals surface area contributed by atoms with Crippen LogP contribution in [0.5, 0.6) is 0 Å². The van der Waals surface area contributed by atoms with E-state index in [9.17, 15) is 9.59 Å². The number of imide groups is 1. The molecule has 0 aliphatic carbocycles. The monoisotopic (exact) mass is 287 g/mol. The molecule has 2 N–H and O–H groups in total. The number of hydrogen-bond acceptors (Lipinski definition) is 4. The summed E-state index contributed by atoms with van der Waals surface area (Å²) < 4.78 is 4.81. The Morgan fingerprint density at radius 2 is 1.65 bits per heavy atom. The molecule has 6 nitrogen and oxygen atoms in total. The molecule has 0 aliphatic heterocycles. The Morgan fingerprint density at radius 1 is 1.10 bits per heavy atom. The molecule has 0 unspecified atom stereocenters. The zero-order valence-corrected chi connectivity index (χ0v) is 13.4. The summed E-state index contributed by atoms with van der Waals surface area (Å²) in [5, 5.41) is 4.88. The van der Waals surface area contributed by atoms with Gasteiger partial charge in [0.25, 0.3) is 0 Å². The first-order chi connectivity index (χ1) is 9.35. The molecule has 0 radical (unpaired) electrons. The van der Waals surface area contributed by atoms with Gasteiger partial charge >= 0.3 is 6.03 Å². The van der Waals surface area contributed by atoms with Crippen LogP contribution in [0.1, 0.15) is 27.7 Å². The standard InChI is InChI=1S/C14H29N3O3/c1-11(2)8-17(9-12(3)4)10-13(18)16-14(19)15-6-7-20-5/h11-12H,6-10H2,1-5H3,(H2,15,16,18,19). The van der Waals surface area contributed by atoms with Gasteiger partial charge in [-0.3, -0.25) is 15.0 Å². The van der Waals surface area contributed by atoms with E-state index in [1.54, 1.807) is 7.11 Å². The third kappa shape index (κ3) is 10.8. The van der Waals surface area contributed by atoms with Crippen LogP contribution in [0.2, 0.25) is 0 Å². The summed E-state index contributed by atoms with van der Waals surface area (Å²) in [7, 11) is 1.56. The summed E-state index contributed by atoms with van der Waals surface area (Å²) in [6.07, 6.45) is 0. The average molecular weight is 287 g/mol. The maximum absolute atomic E-state index is 11.8. The summed E-state index contributed by atoms with van der Waals surface area (Å²) in [5.74, 6) is 0.690. The summed E-state index contributed by atoms with van der Waals surface area (Å²) in [4.78, 5) is 25.3. The van der Waals surface area contributed by atoms with Gasteiger partial charge in [-0.25, -0.2) is 4.79 Å². The van der Waals surface area contributed by atoms with Crippen molar-refractivity contribution < 1.29 is 14.3 Å². The van der Waals surface area contributed by atoms with E-state index < -0.39 is 6.03 Å². The van der Waals surface area contributed by atoms with Gasteiger partial charge in [-0.2, -0.15) is 0 Å². The number of carbonyl (C=O) groups excluding carboxylic acids is 2. The van der Waals surface area contributed by atoms with Crippen LogP contribution in [0.15, 0.2) is 0 Å². The number of rotatable bonds is 9. The normalized spacial score (nSPS) is 11.2. The van der Waals surface area contributed by atoms with E-state index in [1.165, 1.54) is 0 Å². The second kappa shape index (κ2) is 10.6. The van der Waals surface area contributed by atoms with Gasteiger partial charge in [0.1, 0.15) is 0 Å². The van der Waals surface area contributed by atoms with Gasteiger partial charge in [0.15, 0.2) is 0 Å². The number of carbonyl (C=O) groups is 2. The van der Waals surface area contributed by atoms with Gasteiger partial charge in [-0.05, 0) is 11.8 Å². The summed E-state index contributed by atoms with van der Waals surface area (Å²) in [6.45, 7) is 11.2. The molecule has 0 saturated heterocycles. The van der Waals surface area contributed by atoms with Gasteiger partial charge in [0.05, 0.1) is 13.2 Å². The number of amides is 3. The van der Waals surface area contributed by atoms with Gasteiger partial charge in [0.2, 0.25) is 5.91 Å². The van der Waals surface area contributed by atoms with E-state index in [-0.39, 0.29) is 12.5 Å². The molecule has 6 heteroatoms. The second-order valence-corrected chi connectivity index (χ2v) is 5.78. The van der Waals surface area contributed by atoms with E-state index in [0.29, 0.717) is 25.0 Å². The molecular formula is C14H29N3O3. The molecular weight excluding hydrogens is 258 g/mol. The molecule has 0 fully saturated rings. The minimum atomic E-state index is -0.471. The Bertz CT molecular complexity index is 283. The van der Waals surface area contributed by atoms with Crippen molar-refractivity contribution in [1.29, 1.82) is 0 Å². The third-order valence-electron chi connectivity index (χ3n) is 2.46. The zero-order valence-electron chi connectivity index (χ0n) is 13.4. The van der Waals surface area contributed by atoms with Crippen molar-refractivity contribution in [2.45, 2.75) is 27.7 Å². The van der Waals surface area contributed by atoms with Crippen LogP contribution < -0.4 is 10.6 Å². The highest BCUT2D eigenvalue weighted by molar-refractivity contribution is 5.95. The molecule has 0 aliphatic rings. The van der Waals surface area contributed by atoms with Crippen molar-refractivity contribution in [3.8, 4) is 0 Å². The quantitative estimate of drug-likeness (QED) is 0.622. The molecule has 0 heterocycles. The topological polar surface area (TPSA) is 70.7 Å². The fourth-order valence-electron chi connectivity index (χ4n) is 1.92. The SMILES string of the molecule is COCCNC(=O)NC(=O)CN(CC(C)C)CC(C)C. The Kier molecular flexibility index (Phi) is 10.0. The molecule has 0 spiro atoms. The van der Waals surface area contributed by atoms with Crippen molar-refractivity contribution in [3.05, 3.63) is 0 Å². The molecule has 0 saturated carbocycles. The van der Waals surface area contributed by atoms with E-state index in [0.717, 1.165) is 13.1 Å². The fourth-order valence-corrected chi connectivity index (χ4v) is 1.92. The maximum atomic E-state index is 11.8. The Labute approximate surface area is 122 Å². The predicted molar refractivity (Wildman–Crippen MR) is 79.5 cm³/mol. The lowest BCUT2D eigenvalue weighted by Crippen LogP contribution is -2.46. The summed E-state index contributed by atoms with van der Waals surface area (Å²) in [6, 6.07) is -0.471. The number of ether oxygens (including phenoxy) is 1. The lowest BCUT2D eigenvalue weighted by molar-refractivity contribution is -0.121. The molecule has 0 aromatic heterocycles. The zero-order chi connectivity index (χ0) is 15.5. The highest BCUT2D eigenvalue weighted by Gasteiger charge is 2.15. The van der Waals surface area contributed by atoms with Crippen LogP contribution in [0.4, 0.5) is 4.79 Å². The largest absolute Gasteiger partial charge is 0.383 e. The molecule has 3 amide bonds. The van der Waals surface area contributed by atoms with Crippen LogP contribution in [0.3, 0.4) is 0 Å². The molecule has 118 valence electrons. The highest BCUT2D eigenvalue weighted by atomic mass is 16.5. The number of methoxy groups -OCH3 is 1. The Morgan fingerprint density at radius 3 is 2.10 bits per heavy atom. The number of urea groups is 1. The van der Waals surface area contributed by atoms with Crippen LogP contribution >= 0.6 is 0 Å². The van der Waals surface area contributed by atoms with E-state index >= 15 is 0 Å². The van der Waals surface area contributed by atoms with Crippen molar-refractivity contribution in [2.75, 3.05) is 39.9 Å². The van der Waals surface area contributed by atoms with Crippen LogP contribution in [0, 0.1) is 11.8 Å². The second-order valence-electron chi connectivity index (χ2n) is 5.78. The van der Waals surface area contributed by atoms with Gasteiger partial charge in [-0.15, -0.1) is 0 Å². The van der Waals surface area contributed by atoms with Crippen molar-refractivity contribution in [1.82, 2.24) is 15.5 Å². The van der Waals surface area contributed by atoms with Crippen LogP contribution in [0.25, 0.3) is 0 Å². The van der Waals surface area contributed by atoms with Gasteiger partial charge in [0, 0.05) is 26.7 Å². The van der Waals surface area contributed by atoms with Gasteiger partial charge in [-0.1, -0.05) is 27.7 Å². The number of nitrogens with one attached hydrogen (secondary N) is 2. The maximum Gasteiger partial charge on any atom is 0.321 e. The smallest absolute Gasteiger partial charge is 0.321 e. The highest BCUT2D eigenvalue weighted by Crippen LogP contribution is 2.03. The molecule has 20 heavy (non-hydrogen) atoms. The summed E-state index contributed by atoms with van der Waals surface area (Å²) in [5.41, 5.74) is 0. The third-order valence-corrected chi connectivity index (χ3v) is 2.46. The minimum absolute atomic E-state index is 0.244. The van der Waals surface area contributed by atoms with E-state index in [1.807, 2.05) is 0 Å². The first-order valence-electron chi connectivity index (χ1n) is 7.14.